The summed E-state index contributed by atoms with van der Waals surface area (Å²) in [5, 5.41) is 0. The van der Waals surface area contributed by atoms with Crippen LogP contribution < -0.4 is 5.73 Å². The number of hydrogen-bond acceptors (Lipinski definition) is 3. The van der Waals surface area contributed by atoms with Crippen molar-refractivity contribution >= 4 is 0 Å². The zero-order valence-corrected chi connectivity index (χ0v) is 11.6. The van der Waals surface area contributed by atoms with E-state index in [1.54, 1.807) is 0 Å². The van der Waals surface area contributed by atoms with Crippen LogP contribution in [0.1, 0.15) is 39.0 Å². The van der Waals surface area contributed by atoms with Crippen molar-refractivity contribution in [2.75, 3.05) is 33.2 Å². The predicted molar refractivity (Wildman–Crippen MR) is 73.1 cm³/mol. The van der Waals surface area contributed by atoms with Crippen LogP contribution in [0.5, 0.6) is 0 Å². The Kier molecular flexibility index (Phi) is 4.83. The highest BCUT2D eigenvalue weighted by molar-refractivity contribution is 4.90. The molecule has 0 bridgehead atoms. The standard InChI is InChI=1S/C14H29N3/c1-12(5-3-8-15)17-10-7-14-13(11-17)6-4-9-16(14)2/h12-14H,3-11,15H2,1-2H3. The molecule has 2 saturated heterocycles. The van der Waals surface area contributed by atoms with Gasteiger partial charge in [-0.1, -0.05) is 0 Å². The lowest BCUT2D eigenvalue weighted by Crippen LogP contribution is -2.54. The second-order valence-electron chi connectivity index (χ2n) is 6.01. The normalized spacial score (nSPS) is 33.4. The molecule has 2 rings (SSSR count). The number of fused-ring (bicyclic) bond motifs is 1. The van der Waals surface area contributed by atoms with Gasteiger partial charge in [-0.25, -0.2) is 0 Å². The Morgan fingerprint density at radius 2 is 2.12 bits per heavy atom. The van der Waals surface area contributed by atoms with E-state index in [0.29, 0.717) is 0 Å². The summed E-state index contributed by atoms with van der Waals surface area (Å²) >= 11 is 0. The number of likely N-dealkylation sites (tertiary alicyclic amines) is 2. The molecule has 2 N–H and O–H groups in total. The Hall–Kier alpha value is -0.120. The van der Waals surface area contributed by atoms with Crippen molar-refractivity contribution in [3.63, 3.8) is 0 Å². The molecule has 0 aromatic rings. The third-order valence-electron chi connectivity index (χ3n) is 4.83. The van der Waals surface area contributed by atoms with E-state index in [4.69, 9.17) is 5.73 Å². The van der Waals surface area contributed by atoms with Gasteiger partial charge >= 0.3 is 0 Å². The molecule has 0 amide bonds. The first-order chi connectivity index (χ1) is 8.22. The highest BCUT2D eigenvalue weighted by atomic mass is 15.2. The fourth-order valence-corrected chi connectivity index (χ4v) is 3.68. The molecule has 2 aliphatic rings. The molecule has 0 saturated carbocycles. The van der Waals surface area contributed by atoms with Crippen LogP contribution in [0.15, 0.2) is 0 Å². The van der Waals surface area contributed by atoms with E-state index >= 15 is 0 Å². The summed E-state index contributed by atoms with van der Waals surface area (Å²) in [5.74, 6) is 0.919. The van der Waals surface area contributed by atoms with Gasteiger partial charge in [0.05, 0.1) is 0 Å². The number of rotatable bonds is 4. The van der Waals surface area contributed by atoms with Crippen molar-refractivity contribution in [3.05, 3.63) is 0 Å². The molecule has 3 unspecified atom stereocenters. The summed E-state index contributed by atoms with van der Waals surface area (Å²) in [5.41, 5.74) is 5.61. The number of hydrogen-bond donors (Lipinski definition) is 1. The molecule has 17 heavy (non-hydrogen) atoms. The topological polar surface area (TPSA) is 32.5 Å². The van der Waals surface area contributed by atoms with Crippen LogP contribution in [0, 0.1) is 5.92 Å². The highest BCUT2D eigenvalue weighted by Gasteiger charge is 2.35. The van der Waals surface area contributed by atoms with Crippen molar-refractivity contribution in [2.24, 2.45) is 11.7 Å². The summed E-state index contributed by atoms with van der Waals surface area (Å²) in [6.45, 7) is 7.14. The van der Waals surface area contributed by atoms with Crippen LogP contribution in [0.25, 0.3) is 0 Å². The van der Waals surface area contributed by atoms with Gasteiger partial charge in [-0.3, -0.25) is 0 Å². The first-order valence-corrected chi connectivity index (χ1v) is 7.36. The molecule has 3 atom stereocenters. The molecule has 0 radical (unpaired) electrons. The third kappa shape index (κ3) is 3.21. The summed E-state index contributed by atoms with van der Waals surface area (Å²) in [6.07, 6.45) is 6.64. The summed E-state index contributed by atoms with van der Waals surface area (Å²) in [6, 6.07) is 1.59. The molecule has 2 fully saturated rings. The molecule has 3 heteroatoms. The Balaban J connectivity index is 1.84. The molecule has 2 heterocycles. The monoisotopic (exact) mass is 239 g/mol. The number of nitrogens with two attached hydrogens (primary N) is 1. The average molecular weight is 239 g/mol. The van der Waals surface area contributed by atoms with Crippen molar-refractivity contribution in [1.29, 1.82) is 0 Å². The molecule has 0 aromatic carbocycles. The van der Waals surface area contributed by atoms with Gasteiger partial charge in [-0.15, -0.1) is 0 Å². The van der Waals surface area contributed by atoms with Gasteiger partial charge < -0.3 is 15.5 Å². The first-order valence-electron chi connectivity index (χ1n) is 7.36. The van der Waals surface area contributed by atoms with Crippen molar-refractivity contribution in [2.45, 2.75) is 51.1 Å². The van der Waals surface area contributed by atoms with Crippen LogP contribution in [0.3, 0.4) is 0 Å². The van der Waals surface area contributed by atoms with Crippen molar-refractivity contribution in [1.82, 2.24) is 9.80 Å². The maximum atomic E-state index is 5.61. The zero-order valence-electron chi connectivity index (χ0n) is 11.6. The molecule has 0 aliphatic carbocycles. The van der Waals surface area contributed by atoms with Gasteiger partial charge in [0, 0.05) is 18.6 Å². The largest absolute Gasteiger partial charge is 0.330 e. The van der Waals surface area contributed by atoms with Crippen molar-refractivity contribution < 1.29 is 0 Å². The van der Waals surface area contributed by atoms with E-state index in [9.17, 15) is 0 Å². The highest BCUT2D eigenvalue weighted by Crippen LogP contribution is 2.30. The van der Waals surface area contributed by atoms with Gasteiger partial charge in [0.2, 0.25) is 0 Å². The lowest BCUT2D eigenvalue weighted by atomic mass is 9.83. The zero-order chi connectivity index (χ0) is 12.3. The number of piperidine rings is 2. The smallest absolute Gasteiger partial charge is 0.0145 e. The van der Waals surface area contributed by atoms with E-state index in [-0.39, 0.29) is 0 Å². The SMILES string of the molecule is CC(CCCN)N1CCC2C(CCCN2C)C1. The molecule has 0 aromatic heterocycles. The molecular weight excluding hydrogens is 210 g/mol. The van der Waals surface area contributed by atoms with E-state index in [1.165, 1.54) is 51.7 Å². The fraction of sp³-hybridized carbons (Fsp3) is 1.00. The second kappa shape index (κ2) is 6.17. The maximum Gasteiger partial charge on any atom is 0.0145 e. The molecule has 0 spiro atoms. The Labute approximate surface area is 106 Å². The summed E-state index contributed by atoms with van der Waals surface area (Å²) in [7, 11) is 2.31. The minimum absolute atomic E-state index is 0.728. The lowest BCUT2D eigenvalue weighted by molar-refractivity contribution is 0.0216. The van der Waals surface area contributed by atoms with Crippen LogP contribution in [0.4, 0.5) is 0 Å². The van der Waals surface area contributed by atoms with Gasteiger partial charge in [-0.05, 0) is 71.6 Å². The Bertz CT molecular complexity index is 232. The van der Waals surface area contributed by atoms with E-state index in [2.05, 4.69) is 23.8 Å². The molecule has 100 valence electrons. The average Bonchev–Trinajstić information content (AvgIpc) is 2.36. The lowest BCUT2D eigenvalue weighted by Gasteiger charge is -2.47. The van der Waals surface area contributed by atoms with E-state index < -0.39 is 0 Å². The third-order valence-corrected chi connectivity index (χ3v) is 4.83. The number of nitrogens with zero attached hydrogens (tertiary/aromatic N) is 2. The van der Waals surface area contributed by atoms with Crippen LogP contribution >= 0.6 is 0 Å². The van der Waals surface area contributed by atoms with Gasteiger partial charge in [0.15, 0.2) is 0 Å². The maximum absolute atomic E-state index is 5.61. The first kappa shape index (κ1) is 13.3. The van der Waals surface area contributed by atoms with Crippen LogP contribution in [-0.4, -0.2) is 55.1 Å². The minimum atomic E-state index is 0.728. The quantitative estimate of drug-likeness (QED) is 0.807. The molecule has 3 nitrogen and oxygen atoms in total. The van der Waals surface area contributed by atoms with Crippen LogP contribution in [-0.2, 0) is 0 Å². The minimum Gasteiger partial charge on any atom is -0.330 e. The fourth-order valence-electron chi connectivity index (χ4n) is 3.68. The summed E-state index contributed by atoms with van der Waals surface area (Å²) < 4.78 is 0. The van der Waals surface area contributed by atoms with Gasteiger partial charge in [-0.2, -0.15) is 0 Å². The molecule has 2 aliphatic heterocycles. The van der Waals surface area contributed by atoms with Gasteiger partial charge in [0.25, 0.3) is 0 Å². The molecular formula is C14H29N3. The van der Waals surface area contributed by atoms with E-state index in [0.717, 1.165) is 24.5 Å². The predicted octanol–water partition coefficient (Wildman–Crippen LogP) is 1.53. The Morgan fingerprint density at radius 1 is 1.29 bits per heavy atom. The second-order valence-corrected chi connectivity index (χ2v) is 6.01. The van der Waals surface area contributed by atoms with Gasteiger partial charge in [0.1, 0.15) is 0 Å². The van der Waals surface area contributed by atoms with Crippen molar-refractivity contribution in [3.8, 4) is 0 Å². The van der Waals surface area contributed by atoms with E-state index in [1.807, 2.05) is 0 Å². The Morgan fingerprint density at radius 3 is 2.88 bits per heavy atom. The summed E-state index contributed by atoms with van der Waals surface area (Å²) in [4.78, 5) is 5.30. The van der Waals surface area contributed by atoms with Crippen LogP contribution in [0.2, 0.25) is 0 Å².